The highest BCUT2D eigenvalue weighted by molar-refractivity contribution is 5.92. The quantitative estimate of drug-likeness (QED) is 0.887. The molecule has 120 valence electrons. The number of amides is 1. The number of nitrogens with one attached hydrogen (secondary N) is 2. The largest absolute Gasteiger partial charge is 0.424 e. The highest BCUT2D eigenvalue weighted by Crippen LogP contribution is 2.24. The maximum absolute atomic E-state index is 12.1. The average Bonchev–Trinajstić information content (AvgIpc) is 3.04. The molecule has 1 aromatic carbocycles. The van der Waals surface area contributed by atoms with Crippen LogP contribution in [0.4, 0.5) is 5.69 Å². The van der Waals surface area contributed by atoms with Gasteiger partial charge in [-0.25, -0.2) is 9.97 Å². The number of aryl methyl sites for hydroxylation is 1. The highest BCUT2D eigenvalue weighted by atomic mass is 16.5. The molecule has 1 aliphatic heterocycles. The lowest BCUT2D eigenvalue weighted by atomic mass is 10.1. The molecule has 0 bridgehead atoms. The van der Waals surface area contributed by atoms with Crippen molar-refractivity contribution in [3.05, 3.63) is 42.2 Å². The molecule has 6 heteroatoms. The van der Waals surface area contributed by atoms with Crippen LogP contribution in [0.15, 0.2) is 36.7 Å². The van der Waals surface area contributed by atoms with Crippen LogP contribution in [0.3, 0.4) is 0 Å². The Morgan fingerprint density at radius 3 is 2.91 bits per heavy atom. The predicted molar refractivity (Wildman–Crippen MR) is 87.6 cm³/mol. The summed E-state index contributed by atoms with van der Waals surface area (Å²) in [6.07, 6.45) is 5.97. The molecular formula is C17H20N4O2. The van der Waals surface area contributed by atoms with E-state index < -0.39 is 0 Å². The molecule has 0 saturated carbocycles. The van der Waals surface area contributed by atoms with Gasteiger partial charge in [0.15, 0.2) is 0 Å². The van der Waals surface area contributed by atoms with Gasteiger partial charge < -0.3 is 15.4 Å². The lowest BCUT2D eigenvalue weighted by Gasteiger charge is -2.13. The second-order valence-electron chi connectivity index (χ2n) is 5.66. The smallest absolute Gasteiger partial charge is 0.321 e. The van der Waals surface area contributed by atoms with Crippen molar-refractivity contribution in [1.82, 2.24) is 15.3 Å². The number of carbonyl (C=O) groups is 1. The molecule has 0 aliphatic carbocycles. The van der Waals surface area contributed by atoms with Gasteiger partial charge in [-0.05, 0) is 56.1 Å². The summed E-state index contributed by atoms with van der Waals surface area (Å²) in [5, 5.41) is 6.29. The van der Waals surface area contributed by atoms with Crippen LogP contribution >= 0.6 is 0 Å². The molecule has 1 atom stereocenters. The number of benzene rings is 1. The maximum Gasteiger partial charge on any atom is 0.321 e. The third-order valence-corrected chi connectivity index (χ3v) is 3.82. The van der Waals surface area contributed by atoms with Crippen LogP contribution in [-0.2, 0) is 4.79 Å². The first kappa shape index (κ1) is 15.4. The van der Waals surface area contributed by atoms with Crippen molar-refractivity contribution >= 4 is 11.6 Å². The molecule has 1 aliphatic rings. The topological polar surface area (TPSA) is 76.1 Å². The molecule has 1 saturated heterocycles. The van der Waals surface area contributed by atoms with Crippen LogP contribution in [-0.4, -0.2) is 28.5 Å². The van der Waals surface area contributed by atoms with Crippen molar-refractivity contribution in [2.24, 2.45) is 0 Å². The highest BCUT2D eigenvalue weighted by Gasteiger charge is 2.18. The summed E-state index contributed by atoms with van der Waals surface area (Å²) in [5.41, 5.74) is 1.74. The van der Waals surface area contributed by atoms with Crippen molar-refractivity contribution < 1.29 is 9.53 Å². The van der Waals surface area contributed by atoms with Crippen LogP contribution in [0.1, 0.15) is 24.8 Å². The van der Waals surface area contributed by atoms with Gasteiger partial charge in [-0.2, -0.15) is 0 Å². The van der Waals surface area contributed by atoms with Crippen molar-refractivity contribution in [3.63, 3.8) is 0 Å². The molecule has 1 fully saturated rings. The molecule has 2 heterocycles. The molecule has 1 unspecified atom stereocenters. The van der Waals surface area contributed by atoms with Gasteiger partial charge in [0, 0.05) is 30.5 Å². The van der Waals surface area contributed by atoms with Crippen LogP contribution in [0, 0.1) is 6.92 Å². The number of aromatic nitrogens is 2. The monoisotopic (exact) mass is 312 g/mol. The molecule has 1 aromatic heterocycles. The number of anilines is 1. The average molecular weight is 312 g/mol. The molecule has 2 N–H and O–H groups in total. The fourth-order valence-electron chi connectivity index (χ4n) is 2.64. The Morgan fingerprint density at radius 1 is 1.39 bits per heavy atom. The van der Waals surface area contributed by atoms with Crippen LogP contribution in [0.5, 0.6) is 11.8 Å². The maximum atomic E-state index is 12.1. The molecule has 23 heavy (non-hydrogen) atoms. The van der Waals surface area contributed by atoms with Gasteiger partial charge in [-0.1, -0.05) is 0 Å². The SMILES string of the molecule is Cc1cc(Oc2ncccn2)ccc1NC(=O)CC1CCCN1. The summed E-state index contributed by atoms with van der Waals surface area (Å²) in [6, 6.07) is 7.83. The number of ether oxygens (including phenoxy) is 1. The summed E-state index contributed by atoms with van der Waals surface area (Å²) in [6.45, 7) is 2.94. The van der Waals surface area contributed by atoms with Gasteiger partial charge in [0.2, 0.25) is 5.91 Å². The normalized spacial score (nSPS) is 17.0. The van der Waals surface area contributed by atoms with Crippen LogP contribution < -0.4 is 15.4 Å². The standard InChI is InChI=1S/C17H20N4O2/c1-12-10-14(23-17-19-8-3-9-20-17)5-6-15(12)21-16(22)11-13-4-2-7-18-13/h3,5-6,8-10,13,18H,2,4,7,11H2,1H3,(H,21,22). The minimum absolute atomic E-state index is 0.0348. The summed E-state index contributed by atoms with van der Waals surface area (Å²) in [5.74, 6) is 0.678. The summed E-state index contributed by atoms with van der Waals surface area (Å²) >= 11 is 0. The second-order valence-corrected chi connectivity index (χ2v) is 5.66. The Labute approximate surface area is 135 Å². The summed E-state index contributed by atoms with van der Waals surface area (Å²) < 4.78 is 5.58. The number of nitrogens with zero attached hydrogens (tertiary/aromatic N) is 2. The van der Waals surface area contributed by atoms with Crippen LogP contribution in [0.2, 0.25) is 0 Å². The fourth-order valence-corrected chi connectivity index (χ4v) is 2.64. The van der Waals surface area contributed by atoms with Gasteiger partial charge >= 0.3 is 6.01 Å². The van der Waals surface area contributed by atoms with Gasteiger partial charge in [-0.3, -0.25) is 4.79 Å². The van der Waals surface area contributed by atoms with Gasteiger partial charge in [0.1, 0.15) is 5.75 Å². The van der Waals surface area contributed by atoms with Gasteiger partial charge in [0.25, 0.3) is 0 Å². The number of carbonyl (C=O) groups excluding carboxylic acids is 1. The van der Waals surface area contributed by atoms with E-state index in [9.17, 15) is 4.79 Å². The summed E-state index contributed by atoms with van der Waals surface area (Å²) in [4.78, 5) is 20.1. The molecule has 3 rings (SSSR count). The van der Waals surface area contributed by atoms with E-state index in [-0.39, 0.29) is 5.91 Å². The van der Waals surface area contributed by atoms with E-state index >= 15 is 0 Å². The second kappa shape index (κ2) is 7.19. The molecule has 6 nitrogen and oxygen atoms in total. The van der Waals surface area contributed by atoms with Crippen molar-refractivity contribution in [2.45, 2.75) is 32.2 Å². The minimum atomic E-state index is 0.0348. The lowest BCUT2D eigenvalue weighted by Crippen LogP contribution is -2.27. The number of hydrogen-bond acceptors (Lipinski definition) is 5. The fraction of sp³-hybridized carbons (Fsp3) is 0.353. The Morgan fingerprint density at radius 2 is 2.22 bits per heavy atom. The van der Waals surface area contributed by atoms with E-state index in [1.807, 2.05) is 19.1 Å². The number of hydrogen-bond donors (Lipinski definition) is 2. The number of rotatable bonds is 5. The Kier molecular flexibility index (Phi) is 4.83. The minimum Gasteiger partial charge on any atom is -0.424 e. The van der Waals surface area contributed by atoms with E-state index in [1.54, 1.807) is 24.5 Å². The van der Waals surface area contributed by atoms with E-state index in [4.69, 9.17) is 4.74 Å². The first-order valence-electron chi connectivity index (χ1n) is 7.79. The Bertz CT molecular complexity index is 670. The van der Waals surface area contributed by atoms with Crippen LogP contribution in [0.25, 0.3) is 0 Å². The zero-order chi connectivity index (χ0) is 16.1. The predicted octanol–water partition coefficient (Wildman–Crippen LogP) is 2.66. The Hall–Kier alpha value is -2.47. The van der Waals surface area contributed by atoms with Crippen molar-refractivity contribution in [1.29, 1.82) is 0 Å². The van der Waals surface area contributed by atoms with E-state index in [2.05, 4.69) is 20.6 Å². The first-order valence-corrected chi connectivity index (χ1v) is 7.79. The molecular weight excluding hydrogens is 292 g/mol. The lowest BCUT2D eigenvalue weighted by molar-refractivity contribution is -0.116. The Balaban J connectivity index is 1.61. The van der Waals surface area contributed by atoms with Crippen molar-refractivity contribution in [3.8, 4) is 11.8 Å². The third kappa shape index (κ3) is 4.26. The first-order chi connectivity index (χ1) is 11.2. The van der Waals surface area contributed by atoms with E-state index in [0.717, 1.165) is 30.6 Å². The summed E-state index contributed by atoms with van der Waals surface area (Å²) in [7, 11) is 0. The molecule has 2 aromatic rings. The molecule has 1 amide bonds. The third-order valence-electron chi connectivity index (χ3n) is 3.82. The van der Waals surface area contributed by atoms with Gasteiger partial charge in [0.05, 0.1) is 0 Å². The van der Waals surface area contributed by atoms with Crippen molar-refractivity contribution in [2.75, 3.05) is 11.9 Å². The zero-order valence-corrected chi connectivity index (χ0v) is 13.1. The van der Waals surface area contributed by atoms with Gasteiger partial charge in [-0.15, -0.1) is 0 Å². The zero-order valence-electron chi connectivity index (χ0n) is 13.1. The molecule has 0 radical (unpaired) electrons. The van der Waals surface area contributed by atoms with E-state index in [0.29, 0.717) is 24.2 Å². The van der Waals surface area contributed by atoms with E-state index in [1.165, 1.54) is 0 Å². The molecule has 0 spiro atoms.